The molecule has 1 N–H and O–H groups in total. The van der Waals surface area contributed by atoms with Gasteiger partial charge < -0.3 is 5.32 Å². The molecule has 1 aliphatic carbocycles. The quantitative estimate of drug-likeness (QED) is 0.901. The van der Waals surface area contributed by atoms with Crippen LogP contribution in [0.2, 0.25) is 5.02 Å². The molecule has 2 nitrogen and oxygen atoms in total. The van der Waals surface area contributed by atoms with Gasteiger partial charge in [-0.3, -0.25) is 4.79 Å². The first-order chi connectivity index (χ1) is 10.1. The van der Waals surface area contributed by atoms with Gasteiger partial charge in [0.05, 0.1) is 10.6 Å². The zero-order chi connectivity index (χ0) is 15.0. The molecule has 2 aromatic carbocycles. The summed E-state index contributed by atoms with van der Waals surface area (Å²) in [7, 11) is 0. The van der Waals surface area contributed by atoms with E-state index < -0.39 is 11.7 Å². The highest BCUT2D eigenvalue weighted by Crippen LogP contribution is 2.25. The van der Waals surface area contributed by atoms with Crippen LogP contribution in [0, 0.1) is 12.7 Å². The van der Waals surface area contributed by atoms with Crippen LogP contribution >= 0.6 is 11.6 Å². The summed E-state index contributed by atoms with van der Waals surface area (Å²) in [4.78, 5) is 12.3. The molecule has 0 fully saturated rings. The Balaban J connectivity index is 1.79. The predicted molar refractivity (Wildman–Crippen MR) is 81.3 cm³/mol. The number of rotatable bonds is 2. The average molecular weight is 304 g/mol. The van der Waals surface area contributed by atoms with Crippen LogP contribution in [0.15, 0.2) is 36.4 Å². The molecule has 0 aromatic heterocycles. The Morgan fingerprint density at radius 2 is 1.81 bits per heavy atom. The van der Waals surface area contributed by atoms with Crippen molar-refractivity contribution in [3.8, 4) is 0 Å². The number of hydrogen-bond acceptors (Lipinski definition) is 1. The van der Waals surface area contributed by atoms with Crippen molar-refractivity contribution in [1.82, 2.24) is 5.32 Å². The van der Waals surface area contributed by atoms with E-state index in [2.05, 4.69) is 17.4 Å². The van der Waals surface area contributed by atoms with Gasteiger partial charge in [-0.15, -0.1) is 0 Å². The molecule has 0 atom stereocenters. The summed E-state index contributed by atoms with van der Waals surface area (Å²) in [6.45, 7) is 1.62. The summed E-state index contributed by atoms with van der Waals surface area (Å²) in [5.41, 5.74) is 2.82. The second-order valence-electron chi connectivity index (χ2n) is 5.40. The molecule has 0 spiro atoms. The van der Waals surface area contributed by atoms with Crippen LogP contribution in [0.4, 0.5) is 4.39 Å². The van der Waals surface area contributed by atoms with Crippen LogP contribution in [0.5, 0.6) is 0 Å². The third-order valence-corrected chi connectivity index (χ3v) is 4.21. The molecule has 0 saturated heterocycles. The van der Waals surface area contributed by atoms with Crippen LogP contribution in [0.3, 0.4) is 0 Å². The van der Waals surface area contributed by atoms with Crippen LogP contribution in [0.25, 0.3) is 0 Å². The normalized spacial score (nSPS) is 14.0. The zero-order valence-electron chi connectivity index (χ0n) is 11.6. The lowest BCUT2D eigenvalue weighted by Gasteiger charge is -2.14. The number of aryl methyl sites for hydroxylation is 1. The summed E-state index contributed by atoms with van der Waals surface area (Å²) in [5, 5.41) is 3.03. The van der Waals surface area contributed by atoms with Gasteiger partial charge in [0.25, 0.3) is 5.91 Å². The maximum absolute atomic E-state index is 14.1. The van der Waals surface area contributed by atoms with Crippen molar-refractivity contribution in [1.29, 1.82) is 0 Å². The summed E-state index contributed by atoms with van der Waals surface area (Å²) >= 11 is 5.97. The number of carbonyl (C=O) groups is 1. The number of hydrogen-bond donors (Lipinski definition) is 1. The Morgan fingerprint density at radius 3 is 2.43 bits per heavy atom. The van der Waals surface area contributed by atoms with Crippen molar-refractivity contribution in [2.45, 2.75) is 25.8 Å². The lowest BCUT2D eigenvalue weighted by atomic mass is 10.1. The van der Waals surface area contributed by atoms with Gasteiger partial charge >= 0.3 is 0 Å². The fraction of sp³-hybridized carbons (Fsp3) is 0.235. The SMILES string of the molecule is Cc1ccc(Cl)c(C(=O)NC2Cc3ccccc3C2)c1F. The van der Waals surface area contributed by atoms with E-state index >= 15 is 0 Å². The molecule has 1 aliphatic rings. The highest BCUT2D eigenvalue weighted by atomic mass is 35.5. The van der Waals surface area contributed by atoms with E-state index in [1.165, 1.54) is 11.1 Å². The van der Waals surface area contributed by atoms with E-state index in [-0.39, 0.29) is 16.6 Å². The van der Waals surface area contributed by atoms with Gasteiger partial charge in [0.15, 0.2) is 0 Å². The van der Waals surface area contributed by atoms with E-state index in [1.807, 2.05) is 12.1 Å². The van der Waals surface area contributed by atoms with Crippen molar-refractivity contribution < 1.29 is 9.18 Å². The topological polar surface area (TPSA) is 29.1 Å². The van der Waals surface area contributed by atoms with E-state index in [0.29, 0.717) is 5.56 Å². The Kier molecular flexibility index (Phi) is 3.68. The molecule has 3 rings (SSSR count). The Hall–Kier alpha value is -1.87. The molecule has 0 bridgehead atoms. The molecule has 21 heavy (non-hydrogen) atoms. The van der Waals surface area contributed by atoms with Crippen LogP contribution < -0.4 is 5.32 Å². The summed E-state index contributed by atoms with van der Waals surface area (Å²) in [5.74, 6) is -0.991. The second kappa shape index (κ2) is 5.49. The van der Waals surface area contributed by atoms with Crippen molar-refractivity contribution in [3.05, 3.63) is 69.5 Å². The summed E-state index contributed by atoms with van der Waals surface area (Å²) < 4.78 is 14.1. The number of halogens is 2. The van der Waals surface area contributed by atoms with Crippen molar-refractivity contribution >= 4 is 17.5 Å². The number of fused-ring (bicyclic) bond motifs is 1. The lowest BCUT2D eigenvalue weighted by molar-refractivity contribution is 0.0934. The molecule has 108 valence electrons. The van der Waals surface area contributed by atoms with Crippen LogP contribution in [-0.2, 0) is 12.8 Å². The maximum Gasteiger partial charge on any atom is 0.256 e. The van der Waals surface area contributed by atoms with Crippen molar-refractivity contribution in [3.63, 3.8) is 0 Å². The van der Waals surface area contributed by atoms with Gasteiger partial charge in [0.2, 0.25) is 0 Å². The molecule has 2 aromatic rings. The molecule has 4 heteroatoms. The minimum atomic E-state index is -0.546. The van der Waals surface area contributed by atoms with Crippen LogP contribution in [0.1, 0.15) is 27.0 Å². The molecule has 1 amide bonds. The van der Waals surface area contributed by atoms with Crippen molar-refractivity contribution in [2.24, 2.45) is 0 Å². The zero-order valence-corrected chi connectivity index (χ0v) is 12.4. The van der Waals surface area contributed by atoms with Gasteiger partial charge in [0.1, 0.15) is 5.82 Å². The standard InChI is InChI=1S/C17H15ClFNO/c1-10-6-7-14(18)15(16(10)19)17(21)20-13-8-11-4-2-3-5-12(11)9-13/h2-7,13H,8-9H2,1H3,(H,20,21). The lowest BCUT2D eigenvalue weighted by Crippen LogP contribution is -2.36. The van der Waals surface area contributed by atoms with E-state index in [1.54, 1.807) is 19.1 Å². The summed E-state index contributed by atoms with van der Waals surface area (Å²) in [6.07, 6.45) is 1.54. The first kappa shape index (κ1) is 14.1. The molecule has 0 radical (unpaired) electrons. The van der Waals surface area contributed by atoms with Gasteiger partial charge in [-0.05, 0) is 42.5 Å². The molecular formula is C17H15ClFNO. The first-order valence-electron chi connectivity index (χ1n) is 6.88. The Labute approximate surface area is 127 Å². The smallest absolute Gasteiger partial charge is 0.256 e. The van der Waals surface area contributed by atoms with Gasteiger partial charge in [-0.2, -0.15) is 0 Å². The van der Waals surface area contributed by atoms with E-state index in [9.17, 15) is 9.18 Å². The number of nitrogens with one attached hydrogen (secondary N) is 1. The third-order valence-electron chi connectivity index (χ3n) is 3.90. The molecule has 0 unspecified atom stereocenters. The largest absolute Gasteiger partial charge is 0.349 e. The van der Waals surface area contributed by atoms with Gasteiger partial charge in [0, 0.05) is 6.04 Å². The average Bonchev–Trinajstić information content (AvgIpc) is 2.85. The second-order valence-corrected chi connectivity index (χ2v) is 5.81. The van der Waals surface area contributed by atoms with Crippen LogP contribution in [-0.4, -0.2) is 11.9 Å². The number of amides is 1. The maximum atomic E-state index is 14.1. The number of carbonyl (C=O) groups excluding carboxylic acids is 1. The highest BCUT2D eigenvalue weighted by molar-refractivity contribution is 6.33. The minimum absolute atomic E-state index is 0.00845. The number of benzene rings is 2. The molecule has 0 heterocycles. The fourth-order valence-corrected chi connectivity index (χ4v) is 3.02. The first-order valence-corrected chi connectivity index (χ1v) is 7.26. The monoisotopic (exact) mass is 303 g/mol. The Bertz CT molecular complexity index is 689. The summed E-state index contributed by atoms with van der Waals surface area (Å²) in [6, 6.07) is 11.2. The van der Waals surface area contributed by atoms with E-state index in [0.717, 1.165) is 12.8 Å². The van der Waals surface area contributed by atoms with Crippen molar-refractivity contribution in [2.75, 3.05) is 0 Å². The highest BCUT2D eigenvalue weighted by Gasteiger charge is 2.25. The molecule has 0 saturated carbocycles. The van der Waals surface area contributed by atoms with E-state index in [4.69, 9.17) is 11.6 Å². The Morgan fingerprint density at radius 1 is 1.19 bits per heavy atom. The fourth-order valence-electron chi connectivity index (χ4n) is 2.78. The van der Waals surface area contributed by atoms with Gasteiger partial charge in [-0.25, -0.2) is 4.39 Å². The van der Waals surface area contributed by atoms with Gasteiger partial charge in [-0.1, -0.05) is 41.9 Å². The third kappa shape index (κ3) is 2.66. The molecular weight excluding hydrogens is 289 g/mol. The minimum Gasteiger partial charge on any atom is -0.349 e. The molecule has 0 aliphatic heterocycles. The predicted octanol–water partition coefficient (Wildman–Crippen LogP) is 3.68.